The Balaban J connectivity index is 2.93. The highest BCUT2D eigenvalue weighted by Crippen LogP contribution is 2.31. The summed E-state index contributed by atoms with van der Waals surface area (Å²) in [6, 6.07) is 9.38. The minimum absolute atomic E-state index is 0.155. The zero-order chi connectivity index (χ0) is 17.7. The number of hydrogen-bond acceptors (Lipinski definition) is 4. The summed E-state index contributed by atoms with van der Waals surface area (Å²) < 4.78 is 10.9. The topological polar surface area (TPSA) is 52.6 Å². The molecule has 23 heavy (non-hydrogen) atoms. The van der Waals surface area contributed by atoms with E-state index in [1.54, 1.807) is 27.7 Å². The molecule has 0 aromatic heterocycles. The van der Waals surface area contributed by atoms with Crippen molar-refractivity contribution in [1.29, 1.82) is 0 Å². The van der Waals surface area contributed by atoms with Crippen molar-refractivity contribution in [2.45, 2.75) is 52.7 Å². The smallest absolute Gasteiger partial charge is 0.324 e. The SMILES string of the molecule is C=CC[C@@](C)(C(=O)O[C@H](C)c1ccccc1)C(=O)OC(C)(C)C. The lowest BCUT2D eigenvalue weighted by atomic mass is 9.86. The Bertz CT molecular complexity index is 556. The Morgan fingerprint density at radius 1 is 1.13 bits per heavy atom. The van der Waals surface area contributed by atoms with Gasteiger partial charge in [0.05, 0.1) is 0 Å². The normalized spacial score (nSPS) is 15.2. The van der Waals surface area contributed by atoms with Gasteiger partial charge in [-0.15, -0.1) is 6.58 Å². The summed E-state index contributed by atoms with van der Waals surface area (Å²) in [5, 5.41) is 0. The van der Waals surface area contributed by atoms with Gasteiger partial charge in [-0.1, -0.05) is 36.4 Å². The highest BCUT2D eigenvalue weighted by molar-refractivity contribution is 6.00. The molecule has 0 aliphatic carbocycles. The number of hydrogen-bond donors (Lipinski definition) is 0. The second-order valence-corrected chi connectivity index (χ2v) is 6.79. The number of allylic oxidation sites excluding steroid dienone is 1. The van der Waals surface area contributed by atoms with Crippen LogP contribution in [0.3, 0.4) is 0 Å². The average Bonchev–Trinajstić information content (AvgIpc) is 2.46. The van der Waals surface area contributed by atoms with Gasteiger partial charge >= 0.3 is 11.9 Å². The van der Waals surface area contributed by atoms with E-state index in [0.717, 1.165) is 5.56 Å². The molecular weight excluding hydrogens is 292 g/mol. The molecule has 1 aromatic carbocycles. The molecule has 0 heterocycles. The number of carbonyl (C=O) groups excluding carboxylic acids is 2. The molecule has 0 aliphatic heterocycles. The van der Waals surface area contributed by atoms with Crippen molar-refractivity contribution in [3.63, 3.8) is 0 Å². The zero-order valence-electron chi connectivity index (χ0n) is 14.6. The monoisotopic (exact) mass is 318 g/mol. The molecule has 2 atom stereocenters. The minimum atomic E-state index is -1.40. The van der Waals surface area contributed by atoms with Crippen LogP contribution in [-0.2, 0) is 19.1 Å². The Morgan fingerprint density at radius 3 is 2.17 bits per heavy atom. The highest BCUT2D eigenvalue weighted by Gasteiger charge is 2.45. The first-order chi connectivity index (χ1) is 10.6. The lowest BCUT2D eigenvalue weighted by molar-refractivity contribution is -0.180. The van der Waals surface area contributed by atoms with Crippen LogP contribution in [0.4, 0.5) is 0 Å². The lowest BCUT2D eigenvalue weighted by Gasteiger charge is -2.30. The fourth-order valence-electron chi connectivity index (χ4n) is 2.01. The second-order valence-electron chi connectivity index (χ2n) is 6.79. The van der Waals surface area contributed by atoms with Crippen LogP contribution in [0.5, 0.6) is 0 Å². The third kappa shape index (κ3) is 5.23. The molecule has 0 bridgehead atoms. The van der Waals surface area contributed by atoms with Gasteiger partial charge in [-0.25, -0.2) is 0 Å². The van der Waals surface area contributed by atoms with Crippen molar-refractivity contribution < 1.29 is 19.1 Å². The van der Waals surface area contributed by atoms with Crippen LogP contribution in [0, 0.1) is 5.41 Å². The molecule has 0 unspecified atom stereocenters. The molecule has 0 saturated carbocycles. The molecular formula is C19H26O4. The van der Waals surface area contributed by atoms with Crippen molar-refractivity contribution in [3.8, 4) is 0 Å². The predicted octanol–water partition coefficient (Wildman–Crippen LogP) is 4.21. The molecule has 0 aliphatic rings. The van der Waals surface area contributed by atoms with E-state index in [2.05, 4.69) is 6.58 Å². The summed E-state index contributed by atoms with van der Waals surface area (Å²) in [5.41, 5.74) is -1.21. The van der Waals surface area contributed by atoms with E-state index in [1.807, 2.05) is 30.3 Å². The molecule has 1 aromatic rings. The van der Waals surface area contributed by atoms with E-state index in [9.17, 15) is 9.59 Å². The number of benzene rings is 1. The number of rotatable bonds is 6. The molecule has 0 saturated heterocycles. The molecule has 0 amide bonds. The Kier molecular flexibility index (Phi) is 6.13. The van der Waals surface area contributed by atoms with Crippen molar-refractivity contribution in [1.82, 2.24) is 0 Å². The van der Waals surface area contributed by atoms with Crippen LogP contribution in [0.25, 0.3) is 0 Å². The molecule has 126 valence electrons. The van der Waals surface area contributed by atoms with Crippen molar-refractivity contribution >= 4 is 11.9 Å². The summed E-state index contributed by atoms with van der Waals surface area (Å²) in [6.45, 7) is 12.2. The third-order valence-corrected chi connectivity index (χ3v) is 3.41. The first-order valence-electron chi connectivity index (χ1n) is 7.70. The Labute approximate surface area is 138 Å². The molecule has 0 spiro atoms. The standard InChI is InChI=1S/C19H26O4/c1-7-13-19(6,17(21)23-18(3,4)5)16(20)22-14(2)15-11-9-8-10-12-15/h7-12,14H,1,13H2,2-6H3/t14-,19+/m1/s1. The summed E-state index contributed by atoms with van der Waals surface area (Å²) in [7, 11) is 0. The summed E-state index contributed by atoms with van der Waals surface area (Å²) in [4.78, 5) is 25.1. The van der Waals surface area contributed by atoms with Gasteiger partial charge in [-0.05, 0) is 46.6 Å². The minimum Gasteiger partial charge on any atom is -0.459 e. The van der Waals surface area contributed by atoms with Crippen LogP contribution in [0.2, 0.25) is 0 Å². The van der Waals surface area contributed by atoms with E-state index < -0.39 is 29.1 Å². The molecule has 0 fully saturated rings. The van der Waals surface area contributed by atoms with Crippen LogP contribution in [0.15, 0.2) is 43.0 Å². The average molecular weight is 318 g/mol. The first-order valence-corrected chi connectivity index (χ1v) is 7.70. The number of esters is 2. The fourth-order valence-corrected chi connectivity index (χ4v) is 2.01. The third-order valence-electron chi connectivity index (χ3n) is 3.41. The van der Waals surface area contributed by atoms with E-state index >= 15 is 0 Å². The van der Waals surface area contributed by atoms with Gasteiger partial charge in [0, 0.05) is 0 Å². The molecule has 4 heteroatoms. The van der Waals surface area contributed by atoms with Crippen molar-refractivity contribution in [3.05, 3.63) is 48.6 Å². The lowest BCUT2D eigenvalue weighted by Crippen LogP contribution is -2.42. The summed E-state index contributed by atoms with van der Waals surface area (Å²) >= 11 is 0. The van der Waals surface area contributed by atoms with Gasteiger partial charge in [0.25, 0.3) is 0 Å². The number of ether oxygens (including phenoxy) is 2. The van der Waals surface area contributed by atoms with E-state index in [0.29, 0.717) is 0 Å². The second kappa shape index (κ2) is 7.44. The van der Waals surface area contributed by atoms with Gasteiger partial charge < -0.3 is 9.47 Å². The van der Waals surface area contributed by atoms with Gasteiger partial charge in [-0.2, -0.15) is 0 Å². The quantitative estimate of drug-likeness (QED) is 0.448. The summed E-state index contributed by atoms with van der Waals surface area (Å²) in [6.07, 6.45) is 1.23. The van der Waals surface area contributed by atoms with Gasteiger partial charge in [0.1, 0.15) is 11.7 Å². The van der Waals surface area contributed by atoms with Crippen molar-refractivity contribution in [2.75, 3.05) is 0 Å². The Morgan fingerprint density at radius 2 is 1.70 bits per heavy atom. The maximum atomic E-state index is 12.6. The molecule has 0 radical (unpaired) electrons. The van der Waals surface area contributed by atoms with Crippen LogP contribution in [-0.4, -0.2) is 17.5 Å². The van der Waals surface area contributed by atoms with E-state index in [-0.39, 0.29) is 6.42 Å². The van der Waals surface area contributed by atoms with Crippen LogP contribution < -0.4 is 0 Å². The largest absolute Gasteiger partial charge is 0.459 e. The maximum Gasteiger partial charge on any atom is 0.324 e. The Hall–Kier alpha value is -2.10. The molecule has 4 nitrogen and oxygen atoms in total. The summed E-state index contributed by atoms with van der Waals surface area (Å²) in [5.74, 6) is -1.21. The molecule has 0 N–H and O–H groups in total. The van der Waals surface area contributed by atoms with Gasteiger partial charge in [0.15, 0.2) is 5.41 Å². The van der Waals surface area contributed by atoms with Gasteiger partial charge in [-0.3, -0.25) is 9.59 Å². The zero-order valence-corrected chi connectivity index (χ0v) is 14.6. The first kappa shape index (κ1) is 18.9. The highest BCUT2D eigenvalue weighted by atomic mass is 16.6. The van der Waals surface area contributed by atoms with Crippen molar-refractivity contribution in [2.24, 2.45) is 5.41 Å². The van der Waals surface area contributed by atoms with E-state index in [1.165, 1.54) is 13.0 Å². The van der Waals surface area contributed by atoms with Gasteiger partial charge in [0.2, 0.25) is 0 Å². The predicted molar refractivity (Wildman–Crippen MR) is 89.7 cm³/mol. The van der Waals surface area contributed by atoms with Crippen LogP contribution >= 0.6 is 0 Å². The maximum absolute atomic E-state index is 12.6. The van der Waals surface area contributed by atoms with Crippen LogP contribution in [0.1, 0.15) is 52.7 Å². The molecule has 1 rings (SSSR count). The fraction of sp³-hybridized carbons (Fsp3) is 0.474. The number of carbonyl (C=O) groups is 2. The van der Waals surface area contributed by atoms with E-state index in [4.69, 9.17) is 9.47 Å².